The number of rotatable bonds is 2. The maximum atomic E-state index is 5.26. The SMILES string of the molecule is COc1ccc2nc(-c3cc[n+](C)cc3)n(C)c2c1.[I-]. The summed E-state index contributed by atoms with van der Waals surface area (Å²) in [5.74, 6) is 1.81. The first-order valence-corrected chi connectivity index (χ1v) is 6.15. The standard InChI is InChI=1S/C15H16N3O.HI/c1-17-8-6-11(7-9-17)15-16-13-5-4-12(19-3)10-14(13)18(15)2;/h4-10H,1-3H3;1H/q+1;/p-1. The van der Waals surface area contributed by atoms with Crippen LogP contribution in [0.4, 0.5) is 0 Å². The van der Waals surface area contributed by atoms with Gasteiger partial charge in [0.15, 0.2) is 12.4 Å². The van der Waals surface area contributed by atoms with Gasteiger partial charge in [-0.1, -0.05) is 0 Å². The number of fused-ring (bicyclic) bond motifs is 1. The van der Waals surface area contributed by atoms with Gasteiger partial charge in [-0.15, -0.1) is 0 Å². The smallest absolute Gasteiger partial charge is 0.169 e. The van der Waals surface area contributed by atoms with Crippen LogP contribution in [0.3, 0.4) is 0 Å². The van der Waals surface area contributed by atoms with E-state index in [-0.39, 0.29) is 24.0 Å². The lowest BCUT2D eigenvalue weighted by molar-refractivity contribution is -0.671. The molecule has 0 radical (unpaired) electrons. The minimum Gasteiger partial charge on any atom is -1.00 e. The molecule has 0 spiro atoms. The van der Waals surface area contributed by atoms with Crippen molar-refractivity contribution in [3.63, 3.8) is 0 Å². The molecule has 20 heavy (non-hydrogen) atoms. The number of benzene rings is 1. The van der Waals surface area contributed by atoms with Crippen LogP contribution in [0.25, 0.3) is 22.4 Å². The minimum atomic E-state index is 0. The molecule has 0 atom stereocenters. The van der Waals surface area contributed by atoms with Crippen molar-refractivity contribution in [2.45, 2.75) is 0 Å². The highest BCUT2D eigenvalue weighted by molar-refractivity contribution is 5.81. The maximum absolute atomic E-state index is 5.26. The molecule has 0 unspecified atom stereocenters. The zero-order valence-corrected chi connectivity index (χ0v) is 13.8. The molecule has 3 aromatic rings. The van der Waals surface area contributed by atoms with Gasteiger partial charge < -0.3 is 33.3 Å². The number of methoxy groups -OCH3 is 1. The Labute approximate surface area is 135 Å². The molecule has 0 aliphatic rings. The van der Waals surface area contributed by atoms with Gasteiger partial charge in [0.25, 0.3) is 0 Å². The second kappa shape index (κ2) is 5.78. The van der Waals surface area contributed by atoms with Crippen LogP contribution in [0.1, 0.15) is 0 Å². The predicted molar refractivity (Wildman–Crippen MR) is 73.9 cm³/mol. The topological polar surface area (TPSA) is 30.9 Å². The Morgan fingerprint density at radius 2 is 1.85 bits per heavy atom. The van der Waals surface area contributed by atoms with Gasteiger partial charge in [-0.3, -0.25) is 0 Å². The average Bonchev–Trinajstić information content (AvgIpc) is 2.76. The largest absolute Gasteiger partial charge is 1.00 e. The predicted octanol–water partition coefficient (Wildman–Crippen LogP) is -0.923. The van der Waals surface area contributed by atoms with E-state index in [9.17, 15) is 0 Å². The monoisotopic (exact) mass is 381 g/mol. The number of hydrogen-bond donors (Lipinski definition) is 0. The number of pyridine rings is 1. The van der Waals surface area contributed by atoms with Gasteiger partial charge in [0, 0.05) is 30.8 Å². The van der Waals surface area contributed by atoms with Crippen molar-refractivity contribution in [1.82, 2.24) is 9.55 Å². The van der Waals surface area contributed by atoms with E-state index < -0.39 is 0 Å². The van der Waals surface area contributed by atoms with Gasteiger partial charge >= 0.3 is 0 Å². The quantitative estimate of drug-likeness (QED) is 0.425. The van der Waals surface area contributed by atoms with Crippen LogP contribution in [0.15, 0.2) is 42.7 Å². The molecule has 0 saturated heterocycles. The van der Waals surface area contributed by atoms with Crippen molar-refractivity contribution in [2.75, 3.05) is 7.11 Å². The van der Waals surface area contributed by atoms with E-state index in [1.165, 1.54) is 0 Å². The number of hydrogen-bond acceptors (Lipinski definition) is 2. The Morgan fingerprint density at radius 1 is 1.15 bits per heavy atom. The second-order valence-corrected chi connectivity index (χ2v) is 4.60. The third kappa shape index (κ3) is 2.49. The van der Waals surface area contributed by atoms with Crippen molar-refractivity contribution in [3.05, 3.63) is 42.7 Å². The molecule has 0 bridgehead atoms. The van der Waals surface area contributed by atoms with E-state index in [0.717, 1.165) is 28.2 Å². The number of aromatic nitrogens is 3. The van der Waals surface area contributed by atoms with Gasteiger partial charge in [-0.2, -0.15) is 0 Å². The van der Waals surface area contributed by atoms with Crippen LogP contribution in [-0.2, 0) is 14.1 Å². The molecule has 0 fully saturated rings. The molecule has 2 aromatic heterocycles. The third-order valence-electron chi connectivity index (χ3n) is 3.32. The molecule has 3 rings (SSSR count). The first-order valence-electron chi connectivity index (χ1n) is 6.15. The van der Waals surface area contributed by atoms with Gasteiger partial charge in [0.1, 0.15) is 18.6 Å². The van der Waals surface area contributed by atoms with Crippen LogP contribution in [0, 0.1) is 0 Å². The molecule has 0 saturated carbocycles. The fourth-order valence-electron chi connectivity index (χ4n) is 2.20. The molecule has 5 heteroatoms. The van der Waals surface area contributed by atoms with Crippen LogP contribution >= 0.6 is 0 Å². The number of aryl methyl sites for hydroxylation is 2. The fourth-order valence-corrected chi connectivity index (χ4v) is 2.20. The number of halogens is 1. The Hall–Kier alpha value is -1.63. The van der Waals surface area contributed by atoms with E-state index in [1.54, 1.807) is 7.11 Å². The first kappa shape index (κ1) is 14.8. The average molecular weight is 381 g/mol. The van der Waals surface area contributed by atoms with Gasteiger partial charge in [-0.05, 0) is 12.1 Å². The molecule has 0 N–H and O–H groups in total. The summed E-state index contributed by atoms with van der Waals surface area (Å²) >= 11 is 0. The first-order chi connectivity index (χ1) is 9.19. The molecule has 0 aliphatic heterocycles. The second-order valence-electron chi connectivity index (χ2n) is 4.60. The highest BCUT2D eigenvalue weighted by Gasteiger charge is 2.11. The van der Waals surface area contributed by atoms with E-state index in [1.807, 2.05) is 49.3 Å². The Bertz CT molecular complexity index is 735. The van der Waals surface area contributed by atoms with Gasteiger partial charge in [0.05, 0.1) is 18.1 Å². The van der Waals surface area contributed by atoms with Crippen LogP contribution < -0.4 is 33.3 Å². The molecule has 0 aliphatic carbocycles. The molecule has 4 nitrogen and oxygen atoms in total. The minimum absolute atomic E-state index is 0. The number of ether oxygens (including phenoxy) is 1. The van der Waals surface area contributed by atoms with Crippen molar-refractivity contribution >= 4 is 11.0 Å². The highest BCUT2D eigenvalue weighted by Crippen LogP contribution is 2.25. The van der Waals surface area contributed by atoms with E-state index in [4.69, 9.17) is 4.74 Å². The number of nitrogens with zero attached hydrogens (tertiary/aromatic N) is 3. The Balaban J connectivity index is 0.00000147. The molecule has 0 amide bonds. The third-order valence-corrected chi connectivity index (χ3v) is 3.32. The summed E-state index contributed by atoms with van der Waals surface area (Å²) in [6, 6.07) is 10.1. The fraction of sp³-hybridized carbons (Fsp3) is 0.200. The van der Waals surface area contributed by atoms with Crippen molar-refractivity contribution < 1.29 is 33.3 Å². The number of imidazole rings is 1. The summed E-state index contributed by atoms with van der Waals surface area (Å²) in [6.07, 6.45) is 4.05. The summed E-state index contributed by atoms with van der Waals surface area (Å²) in [5.41, 5.74) is 3.16. The molecule has 1 aromatic carbocycles. The molecular weight excluding hydrogens is 365 g/mol. The van der Waals surface area contributed by atoms with Crippen LogP contribution in [0.2, 0.25) is 0 Å². The van der Waals surface area contributed by atoms with Crippen molar-refractivity contribution in [1.29, 1.82) is 0 Å². The Morgan fingerprint density at radius 3 is 2.50 bits per heavy atom. The summed E-state index contributed by atoms with van der Waals surface area (Å²) in [5, 5.41) is 0. The molecular formula is C15H16IN3O. The summed E-state index contributed by atoms with van der Waals surface area (Å²) in [7, 11) is 5.70. The zero-order valence-electron chi connectivity index (χ0n) is 11.7. The molecule has 2 heterocycles. The van der Waals surface area contributed by atoms with Gasteiger partial charge in [-0.25, -0.2) is 9.55 Å². The van der Waals surface area contributed by atoms with Crippen LogP contribution in [-0.4, -0.2) is 16.7 Å². The molecule has 104 valence electrons. The summed E-state index contributed by atoms with van der Waals surface area (Å²) in [4.78, 5) is 4.69. The van der Waals surface area contributed by atoms with Crippen molar-refractivity contribution in [3.8, 4) is 17.1 Å². The van der Waals surface area contributed by atoms with Crippen molar-refractivity contribution in [2.24, 2.45) is 14.1 Å². The van der Waals surface area contributed by atoms with E-state index in [0.29, 0.717) is 0 Å². The van der Waals surface area contributed by atoms with Crippen LogP contribution in [0.5, 0.6) is 5.75 Å². The lowest BCUT2D eigenvalue weighted by Gasteiger charge is -2.02. The zero-order chi connectivity index (χ0) is 13.4. The summed E-state index contributed by atoms with van der Waals surface area (Å²) in [6.45, 7) is 0. The lowest BCUT2D eigenvalue weighted by atomic mass is 10.2. The van der Waals surface area contributed by atoms with Gasteiger partial charge in [0.2, 0.25) is 0 Å². The van der Waals surface area contributed by atoms with E-state index >= 15 is 0 Å². The van der Waals surface area contributed by atoms with E-state index in [2.05, 4.69) is 21.7 Å². The maximum Gasteiger partial charge on any atom is 0.169 e. The highest BCUT2D eigenvalue weighted by atomic mass is 127. The lowest BCUT2D eigenvalue weighted by Crippen LogP contribution is -3.00. The summed E-state index contributed by atoms with van der Waals surface area (Å²) < 4.78 is 9.36. The normalized spacial score (nSPS) is 10.3. The Kier molecular flexibility index (Phi) is 4.27.